The minimum atomic E-state index is -0.256. The van der Waals surface area contributed by atoms with Crippen LogP contribution in [-0.4, -0.2) is 17.8 Å². The first kappa shape index (κ1) is 14.6. The predicted molar refractivity (Wildman–Crippen MR) is 83.4 cm³/mol. The molecule has 0 aromatic carbocycles. The summed E-state index contributed by atoms with van der Waals surface area (Å²) in [5.41, 5.74) is 1.51. The number of thiophene rings is 1. The summed E-state index contributed by atoms with van der Waals surface area (Å²) in [6.07, 6.45) is 12.2. The molecule has 1 saturated heterocycles. The van der Waals surface area contributed by atoms with Crippen LogP contribution in [0.25, 0.3) is 0 Å². The van der Waals surface area contributed by atoms with Gasteiger partial charge in [-0.25, -0.2) is 0 Å². The Morgan fingerprint density at radius 3 is 3.00 bits per heavy atom. The van der Waals surface area contributed by atoms with E-state index in [0.29, 0.717) is 6.10 Å². The second-order valence-electron chi connectivity index (χ2n) is 6.24. The Morgan fingerprint density at radius 2 is 2.15 bits per heavy atom. The van der Waals surface area contributed by atoms with Crippen molar-refractivity contribution in [2.45, 2.75) is 76.4 Å². The Bertz CT molecular complexity index is 397. The number of aliphatic hydroxyl groups excluding tert-OH is 1. The number of aryl methyl sites for hydroxylation is 2. The molecule has 0 saturated carbocycles. The zero-order valence-electron chi connectivity index (χ0n) is 12.3. The van der Waals surface area contributed by atoms with E-state index in [0.717, 1.165) is 25.9 Å². The van der Waals surface area contributed by atoms with Crippen LogP contribution < -0.4 is 0 Å². The van der Waals surface area contributed by atoms with Crippen molar-refractivity contribution in [3.63, 3.8) is 0 Å². The first-order chi connectivity index (χ1) is 9.83. The molecule has 1 aliphatic heterocycles. The Hall–Kier alpha value is -0.380. The van der Waals surface area contributed by atoms with Crippen molar-refractivity contribution in [1.82, 2.24) is 0 Å². The summed E-state index contributed by atoms with van der Waals surface area (Å²) in [6, 6.07) is 2.28. The zero-order valence-corrected chi connectivity index (χ0v) is 13.1. The quantitative estimate of drug-likeness (QED) is 0.816. The molecule has 1 N–H and O–H groups in total. The molecule has 20 heavy (non-hydrogen) atoms. The Morgan fingerprint density at radius 1 is 1.25 bits per heavy atom. The summed E-state index contributed by atoms with van der Waals surface area (Å²) in [5, 5.41) is 10.4. The molecule has 0 bridgehead atoms. The van der Waals surface area contributed by atoms with Crippen LogP contribution in [0, 0.1) is 0 Å². The minimum absolute atomic E-state index is 0.256. The number of hydrogen-bond acceptors (Lipinski definition) is 3. The van der Waals surface area contributed by atoms with Gasteiger partial charge in [-0.2, -0.15) is 0 Å². The van der Waals surface area contributed by atoms with Gasteiger partial charge in [-0.15, -0.1) is 11.3 Å². The molecule has 2 heterocycles. The van der Waals surface area contributed by atoms with Gasteiger partial charge >= 0.3 is 0 Å². The highest BCUT2D eigenvalue weighted by atomic mass is 32.1. The summed E-state index contributed by atoms with van der Waals surface area (Å²) < 4.78 is 5.64. The van der Waals surface area contributed by atoms with E-state index in [2.05, 4.69) is 6.07 Å². The van der Waals surface area contributed by atoms with E-state index in [9.17, 15) is 5.11 Å². The summed E-state index contributed by atoms with van der Waals surface area (Å²) in [5.74, 6) is 0. The normalized spacial score (nSPS) is 24.4. The SMILES string of the molecule is OC(CCCC1CCCO1)c1cc2c(s1)CCCCC2. The standard InChI is InChI=1S/C17H26O2S/c18-15(9-4-7-14-8-5-11-19-14)17-12-13-6-2-1-3-10-16(13)20-17/h12,14-15,18H,1-11H2. The van der Waals surface area contributed by atoms with E-state index in [-0.39, 0.29) is 6.10 Å². The molecule has 112 valence electrons. The Labute approximate surface area is 126 Å². The molecule has 2 atom stereocenters. The van der Waals surface area contributed by atoms with E-state index in [1.807, 2.05) is 11.3 Å². The summed E-state index contributed by atoms with van der Waals surface area (Å²) in [7, 11) is 0. The van der Waals surface area contributed by atoms with Crippen molar-refractivity contribution in [2.24, 2.45) is 0 Å². The van der Waals surface area contributed by atoms with Gasteiger partial charge in [0.25, 0.3) is 0 Å². The number of rotatable bonds is 5. The molecule has 2 aliphatic rings. The Kier molecular flexibility index (Phi) is 5.14. The molecule has 3 heteroatoms. The smallest absolute Gasteiger partial charge is 0.0882 e. The molecule has 0 amide bonds. The molecular weight excluding hydrogens is 268 g/mol. The lowest BCUT2D eigenvalue weighted by molar-refractivity contribution is 0.0948. The number of hydrogen-bond donors (Lipinski definition) is 1. The highest BCUT2D eigenvalue weighted by molar-refractivity contribution is 7.12. The fraction of sp³-hybridized carbons (Fsp3) is 0.765. The lowest BCUT2D eigenvalue weighted by Crippen LogP contribution is -2.05. The maximum atomic E-state index is 10.4. The third-order valence-corrected chi connectivity index (χ3v) is 5.96. The molecule has 0 spiro atoms. The van der Waals surface area contributed by atoms with Gasteiger partial charge in [0.1, 0.15) is 0 Å². The van der Waals surface area contributed by atoms with Crippen molar-refractivity contribution in [2.75, 3.05) is 6.61 Å². The van der Waals surface area contributed by atoms with Gasteiger partial charge in [-0.1, -0.05) is 6.42 Å². The zero-order chi connectivity index (χ0) is 13.8. The van der Waals surface area contributed by atoms with Gasteiger partial charge in [0.05, 0.1) is 12.2 Å². The summed E-state index contributed by atoms with van der Waals surface area (Å²) in [4.78, 5) is 2.74. The second-order valence-corrected chi connectivity index (χ2v) is 7.41. The molecule has 1 aliphatic carbocycles. The van der Waals surface area contributed by atoms with E-state index < -0.39 is 0 Å². The summed E-state index contributed by atoms with van der Waals surface area (Å²) in [6.45, 7) is 0.935. The molecular formula is C17H26O2S. The molecule has 1 aromatic heterocycles. The molecule has 0 radical (unpaired) electrons. The van der Waals surface area contributed by atoms with E-state index in [1.54, 1.807) is 0 Å². The number of fused-ring (bicyclic) bond motifs is 1. The second kappa shape index (κ2) is 7.06. The average Bonchev–Trinajstić information content (AvgIpc) is 3.05. The van der Waals surface area contributed by atoms with Crippen LogP contribution in [0.1, 0.15) is 72.8 Å². The van der Waals surface area contributed by atoms with Crippen molar-refractivity contribution in [1.29, 1.82) is 0 Å². The van der Waals surface area contributed by atoms with Gasteiger partial charge < -0.3 is 9.84 Å². The maximum absolute atomic E-state index is 10.4. The van der Waals surface area contributed by atoms with E-state index in [4.69, 9.17) is 4.74 Å². The van der Waals surface area contributed by atoms with Gasteiger partial charge in [0.2, 0.25) is 0 Å². The highest BCUT2D eigenvalue weighted by Crippen LogP contribution is 2.34. The highest BCUT2D eigenvalue weighted by Gasteiger charge is 2.19. The Balaban J connectivity index is 1.50. The van der Waals surface area contributed by atoms with Crippen LogP contribution in [0.5, 0.6) is 0 Å². The third-order valence-electron chi connectivity index (χ3n) is 4.62. The number of ether oxygens (including phenoxy) is 1. The molecule has 2 unspecified atom stereocenters. The average molecular weight is 294 g/mol. The maximum Gasteiger partial charge on any atom is 0.0882 e. The first-order valence-electron chi connectivity index (χ1n) is 8.24. The van der Waals surface area contributed by atoms with Crippen LogP contribution in [0.4, 0.5) is 0 Å². The van der Waals surface area contributed by atoms with Crippen molar-refractivity contribution in [3.05, 3.63) is 21.4 Å². The van der Waals surface area contributed by atoms with Gasteiger partial charge in [-0.3, -0.25) is 0 Å². The first-order valence-corrected chi connectivity index (χ1v) is 9.06. The van der Waals surface area contributed by atoms with Crippen LogP contribution in [0.2, 0.25) is 0 Å². The van der Waals surface area contributed by atoms with Crippen LogP contribution >= 0.6 is 11.3 Å². The molecule has 1 fully saturated rings. The molecule has 1 aromatic rings. The van der Waals surface area contributed by atoms with E-state index in [1.165, 1.54) is 60.3 Å². The topological polar surface area (TPSA) is 29.5 Å². The summed E-state index contributed by atoms with van der Waals surface area (Å²) >= 11 is 1.86. The third kappa shape index (κ3) is 3.63. The fourth-order valence-corrected chi connectivity index (χ4v) is 4.69. The van der Waals surface area contributed by atoms with E-state index >= 15 is 0 Å². The molecule has 2 nitrogen and oxygen atoms in total. The largest absolute Gasteiger partial charge is 0.388 e. The minimum Gasteiger partial charge on any atom is -0.388 e. The van der Waals surface area contributed by atoms with Crippen molar-refractivity contribution >= 4 is 11.3 Å². The number of aliphatic hydroxyl groups is 1. The van der Waals surface area contributed by atoms with Crippen molar-refractivity contribution < 1.29 is 9.84 Å². The van der Waals surface area contributed by atoms with Gasteiger partial charge in [0.15, 0.2) is 0 Å². The van der Waals surface area contributed by atoms with Gasteiger partial charge in [-0.05, 0) is 69.4 Å². The lowest BCUT2D eigenvalue weighted by atomic mass is 10.0. The van der Waals surface area contributed by atoms with Gasteiger partial charge in [0, 0.05) is 16.4 Å². The fourth-order valence-electron chi connectivity index (χ4n) is 3.41. The van der Waals surface area contributed by atoms with Crippen LogP contribution in [-0.2, 0) is 17.6 Å². The monoisotopic (exact) mass is 294 g/mol. The molecule has 3 rings (SSSR count). The lowest BCUT2D eigenvalue weighted by Gasteiger charge is -2.11. The van der Waals surface area contributed by atoms with Crippen LogP contribution in [0.15, 0.2) is 6.07 Å². The predicted octanol–water partition coefficient (Wildman–Crippen LogP) is 4.40. The van der Waals surface area contributed by atoms with Crippen LogP contribution in [0.3, 0.4) is 0 Å². The van der Waals surface area contributed by atoms with Crippen molar-refractivity contribution in [3.8, 4) is 0 Å².